The lowest BCUT2D eigenvalue weighted by Gasteiger charge is -2.61. The van der Waals surface area contributed by atoms with Crippen molar-refractivity contribution in [3.05, 3.63) is 0 Å². The molecule has 140 valence electrons. The molecule has 0 amide bonds. The van der Waals surface area contributed by atoms with Crippen molar-refractivity contribution >= 4 is 5.97 Å². The maximum absolute atomic E-state index is 11.5. The van der Waals surface area contributed by atoms with Crippen LogP contribution in [0, 0.1) is 34.5 Å². The monoisotopic (exact) mass is 347 g/mol. The Hall–Kier alpha value is -0.610. The molecule has 5 fully saturated rings. The molecule has 2 bridgehead atoms. The van der Waals surface area contributed by atoms with Gasteiger partial charge in [-0.25, -0.2) is 0 Å². The number of hydrogen-bond acceptors (Lipinski definition) is 4. The summed E-state index contributed by atoms with van der Waals surface area (Å²) in [5, 5.41) is 3.60. The molecule has 9 atom stereocenters. The number of hydrogen-bond donors (Lipinski definition) is 1. The summed E-state index contributed by atoms with van der Waals surface area (Å²) in [4.78, 5) is 11.5. The Morgan fingerprint density at radius 1 is 1.16 bits per heavy atom. The van der Waals surface area contributed by atoms with Gasteiger partial charge in [-0.15, -0.1) is 0 Å². The minimum atomic E-state index is -0.108. The third kappa shape index (κ3) is 2.29. The molecule has 4 nitrogen and oxygen atoms in total. The van der Waals surface area contributed by atoms with Crippen LogP contribution in [-0.4, -0.2) is 30.9 Å². The summed E-state index contributed by atoms with van der Waals surface area (Å²) in [6.07, 6.45) is 9.59. The zero-order chi connectivity index (χ0) is 17.4. The van der Waals surface area contributed by atoms with Crippen LogP contribution in [0.1, 0.15) is 65.7 Å². The molecular weight excluding hydrogens is 314 g/mol. The van der Waals surface area contributed by atoms with Gasteiger partial charge in [0.15, 0.2) is 0 Å². The van der Waals surface area contributed by atoms with Crippen LogP contribution in [0.2, 0.25) is 0 Å². The molecule has 0 unspecified atom stereocenters. The molecule has 3 saturated carbocycles. The minimum absolute atomic E-state index is 0.108. The minimum Gasteiger partial charge on any atom is -0.463 e. The van der Waals surface area contributed by atoms with E-state index in [9.17, 15) is 4.79 Å². The van der Waals surface area contributed by atoms with E-state index in [0.29, 0.717) is 23.2 Å². The second-order valence-electron chi connectivity index (χ2n) is 10.1. The van der Waals surface area contributed by atoms with E-state index in [1.807, 2.05) is 0 Å². The van der Waals surface area contributed by atoms with Gasteiger partial charge in [-0.3, -0.25) is 10.1 Å². The number of esters is 1. The molecule has 0 radical (unpaired) electrons. The van der Waals surface area contributed by atoms with E-state index >= 15 is 0 Å². The van der Waals surface area contributed by atoms with E-state index in [1.165, 1.54) is 32.1 Å². The van der Waals surface area contributed by atoms with Gasteiger partial charge in [0.05, 0.1) is 6.10 Å². The first-order valence-electron chi connectivity index (χ1n) is 10.5. The van der Waals surface area contributed by atoms with Gasteiger partial charge < -0.3 is 9.47 Å². The second-order valence-corrected chi connectivity index (χ2v) is 10.1. The summed E-state index contributed by atoms with van der Waals surface area (Å²) in [6, 6.07) is 0. The van der Waals surface area contributed by atoms with Crippen LogP contribution in [0.5, 0.6) is 0 Å². The van der Waals surface area contributed by atoms with Crippen molar-refractivity contribution in [2.45, 2.75) is 84.2 Å². The van der Waals surface area contributed by atoms with Gasteiger partial charge in [-0.2, -0.15) is 0 Å². The van der Waals surface area contributed by atoms with Crippen LogP contribution in [0.15, 0.2) is 0 Å². The second kappa shape index (κ2) is 5.45. The number of nitrogens with one attached hydrogen (secondary N) is 1. The zero-order valence-electron chi connectivity index (χ0n) is 15.9. The fourth-order valence-electron chi connectivity index (χ4n) is 7.96. The predicted octanol–water partition coefficient (Wildman–Crippen LogP) is 3.50. The van der Waals surface area contributed by atoms with Crippen LogP contribution >= 0.6 is 0 Å². The smallest absolute Gasteiger partial charge is 0.302 e. The quantitative estimate of drug-likeness (QED) is 0.738. The van der Waals surface area contributed by atoms with Crippen LogP contribution in [0.3, 0.4) is 0 Å². The van der Waals surface area contributed by atoms with E-state index in [-0.39, 0.29) is 12.1 Å². The Kier molecular flexibility index (Phi) is 3.61. The highest BCUT2D eigenvalue weighted by Crippen LogP contribution is 2.66. The lowest BCUT2D eigenvalue weighted by Crippen LogP contribution is -2.58. The molecule has 3 aliphatic carbocycles. The van der Waals surface area contributed by atoms with Gasteiger partial charge in [0, 0.05) is 18.9 Å². The molecule has 2 heterocycles. The molecule has 1 N–H and O–H groups in total. The van der Waals surface area contributed by atoms with Gasteiger partial charge in [0.2, 0.25) is 0 Å². The number of fused-ring (bicyclic) bond motifs is 8. The van der Waals surface area contributed by atoms with Gasteiger partial charge >= 0.3 is 5.97 Å². The molecule has 0 spiro atoms. The Labute approximate surface area is 151 Å². The van der Waals surface area contributed by atoms with Crippen molar-refractivity contribution in [2.24, 2.45) is 34.5 Å². The molecule has 4 heteroatoms. The lowest BCUT2D eigenvalue weighted by molar-refractivity contribution is -0.190. The number of ether oxygens (including phenoxy) is 2. The Morgan fingerprint density at radius 2 is 2.00 bits per heavy atom. The highest BCUT2D eigenvalue weighted by atomic mass is 16.5. The molecule has 2 aliphatic heterocycles. The summed E-state index contributed by atoms with van der Waals surface area (Å²) in [5.41, 5.74) is 0.709. The Balaban J connectivity index is 1.43. The molecular formula is C21H33NO3. The fraction of sp³-hybridized carbons (Fsp3) is 0.952. The zero-order valence-corrected chi connectivity index (χ0v) is 15.9. The lowest BCUT2D eigenvalue weighted by atomic mass is 9.46. The third-order valence-electron chi connectivity index (χ3n) is 9.08. The maximum atomic E-state index is 11.5. The first-order chi connectivity index (χ1) is 11.9. The largest absolute Gasteiger partial charge is 0.463 e. The predicted molar refractivity (Wildman–Crippen MR) is 94.7 cm³/mol. The van der Waals surface area contributed by atoms with Crippen LogP contribution in [-0.2, 0) is 14.3 Å². The third-order valence-corrected chi connectivity index (χ3v) is 9.08. The van der Waals surface area contributed by atoms with E-state index in [4.69, 9.17) is 9.47 Å². The molecule has 5 rings (SSSR count). The topological polar surface area (TPSA) is 47.6 Å². The number of rotatable bonds is 1. The van der Waals surface area contributed by atoms with E-state index < -0.39 is 0 Å². The average molecular weight is 347 g/mol. The highest BCUT2D eigenvalue weighted by molar-refractivity contribution is 5.66. The molecule has 5 aliphatic rings. The summed E-state index contributed by atoms with van der Waals surface area (Å²) in [7, 11) is 0. The van der Waals surface area contributed by atoms with Crippen molar-refractivity contribution in [2.75, 3.05) is 6.54 Å². The normalized spacial score (nSPS) is 56.7. The van der Waals surface area contributed by atoms with Crippen LogP contribution in [0.25, 0.3) is 0 Å². The van der Waals surface area contributed by atoms with Crippen molar-refractivity contribution < 1.29 is 14.3 Å². The van der Waals surface area contributed by atoms with Crippen molar-refractivity contribution in [1.82, 2.24) is 5.32 Å². The summed E-state index contributed by atoms with van der Waals surface area (Å²) >= 11 is 0. The van der Waals surface area contributed by atoms with Crippen LogP contribution in [0.4, 0.5) is 0 Å². The highest BCUT2D eigenvalue weighted by Gasteiger charge is 2.63. The van der Waals surface area contributed by atoms with Gasteiger partial charge in [0.25, 0.3) is 0 Å². The Morgan fingerprint density at radius 3 is 2.80 bits per heavy atom. The van der Waals surface area contributed by atoms with Crippen LogP contribution < -0.4 is 5.32 Å². The number of carbonyl (C=O) groups is 1. The fourth-order valence-corrected chi connectivity index (χ4v) is 7.96. The Bertz CT molecular complexity index is 579. The van der Waals surface area contributed by atoms with Gasteiger partial charge in [-0.1, -0.05) is 13.8 Å². The number of carbonyl (C=O) groups excluding carboxylic acids is 1. The molecule has 2 saturated heterocycles. The molecule has 0 aromatic heterocycles. The van der Waals surface area contributed by atoms with Crippen molar-refractivity contribution in [1.29, 1.82) is 0 Å². The van der Waals surface area contributed by atoms with Gasteiger partial charge in [0.1, 0.15) is 12.3 Å². The summed E-state index contributed by atoms with van der Waals surface area (Å²) in [6.45, 7) is 7.61. The maximum Gasteiger partial charge on any atom is 0.302 e. The van der Waals surface area contributed by atoms with E-state index in [2.05, 4.69) is 19.2 Å². The molecule has 0 aromatic carbocycles. The van der Waals surface area contributed by atoms with E-state index in [0.717, 1.165) is 43.1 Å². The van der Waals surface area contributed by atoms with Gasteiger partial charge in [-0.05, 0) is 74.0 Å². The molecule has 0 aromatic rings. The summed E-state index contributed by atoms with van der Waals surface area (Å²) in [5.74, 6) is 3.01. The first-order valence-corrected chi connectivity index (χ1v) is 10.5. The van der Waals surface area contributed by atoms with Crippen molar-refractivity contribution in [3.8, 4) is 0 Å². The van der Waals surface area contributed by atoms with E-state index in [1.54, 1.807) is 6.92 Å². The standard InChI is InChI=1S/C21H33NO3/c1-12(23)24-14-9-17-15-5-4-13-8-19-22-11-18(25-19)21(13,3)16(15)6-7-20(17,2)10-14/h13-19,22H,4-11H2,1-3H3/t13-,14+,15-,16+,17+,18+,19+,20-,21+/m1/s1. The first kappa shape index (κ1) is 16.6. The molecule has 25 heavy (non-hydrogen) atoms. The summed E-state index contributed by atoms with van der Waals surface area (Å²) < 4.78 is 12.0. The van der Waals surface area contributed by atoms with Crippen molar-refractivity contribution in [3.63, 3.8) is 0 Å². The SMILES string of the molecule is CC(=O)O[C@H]1C[C@H]2[C@@H]3CC[C@@H]4C[C@H]5NC[C@H](O5)[C@]4(C)[C@H]3CC[C@]2(C)C1. The average Bonchev–Trinajstić information content (AvgIpc) is 3.10.